The Morgan fingerprint density at radius 3 is 2.10 bits per heavy atom. The average molecular weight is 132 g/mol. The van der Waals surface area contributed by atoms with E-state index in [-0.39, 0.29) is 0 Å². The molecule has 0 radical (unpaired) electrons. The highest BCUT2D eigenvalue weighted by Crippen LogP contribution is 2.75. The van der Waals surface area contributed by atoms with Gasteiger partial charge in [-0.25, -0.2) is 0 Å². The van der Waals surface area contributed by atoms with Crippen LogP contribution in [0.25, 0.3) is 0 Å². The van der Waals surface area contributed by atoms with E-state index in [9.17, 15) is 0 Å². The maximum Gasteiger partial charge on any atom is -0.00152 e. The average Bonchev–Trinajstić information content (AvgIpc) is 2.47. The SMILES string of the molecule is C1=CC23CCCC2(C=C1)C3. The minimum atomic E-state index is 0.668. The summed E-state index contributed by atoms with van der Waals surface area (Å²) in [6.45, 7) is 0. The molecule has 2 saturated carbocycles. The summed E-state index contributed by atoms with van der Waals surface area (Å²) in [7, 11) is 0. The third-order valence-electron chi connectivity index (χ3n) is 3.68. The van der Waals surface area contributed by atoms with Gasteiger partial charge in [-0.05, 0) is 30.1 Å². The van der Waals surface area contributed by atoms with E-state index in [0.717, 1.165) is 0 Å². The van der Waals surface area contributed by atoms with Crippen LogP contribution in [0.2, 0.25) is 0 Å². The molecule has 0 aromatic heterocycles. The van der Waals surface area contributed by atoms with Crippen LogP contribution in [0.5, 0.6) is 0 Å². The molecular weight excluding hydrogens is 120 g/mol. The molecule has 3 aliphatic rings. The number of hydrogen-bond acceptors (Lipinski definition) is 0. The molecule has 0 nitrogen and oxygen atoms in total. The maximum absolute atomic E-state index is 2.44. The fraction of sp³-hybridized carbons (Fsp3) is 0.600. The lowest BCUT2D eigenvalue weighted by Crippen LogP contribution is -2.03. The molecule has 2 unspecified atom stereocenters. The Morgan fingerprint density at radius 2 is 1.50 bits per heavy atom. The summed E-state index contributed by atoms with van der Waals surface area (Å²) in [6.07, 6.45) is 15.2. The lowest BCUT2D eigenvalue weighted by molar-refractivity contribution is 0.552. The Kier molecular flexibility index (Phi) is 0.647. The molecule has 3 rings (SSSR count). The highest BCUT2D eigenvalue weighted by molar-refractivity contribution is 5.38. The first-order valence-corrected chi connectivity index (χ1v) is 4.24. The van der Waals surface area contributed by atoms with Gasteiger partial charge in [0.25, 0.3) is 0 Å². The molecule has 0 aromatic carbocycles. The van der Waals surface area contributed by atoms with Crippen LogP contribution in [0, 0.1) is 10.8 Å². The molecule has 3 aliphatic carbocycles. The van der Waals surface area contributed by atoms with E-state index >= 15 is 0 Å². The van der Waals surface area contributed by atoms with Crippen LogP contribution in [0.1, 0.15) is 25.7 Å². The van der Waals surface area contributed by atoms with Crippen LogP contribution < -0.4 is 0 Å². The first-order valence-electron chi connectivity index (χ1n) is 4.24. The van der Waals surface area contributed by atoms with E-state index in [1.165, 1.54) is 25.7 Å². The van der Waals surface area contributed by atoms with Crippen molar-refractivity contribution >= 4 is 0 Å². The zero-order valence-electron chi connectivity index (χ0n) is 6.14. The second kappa shape index (κ2) is 1.25. The van der Waals surface area contributed by atoms with Crippen LogP contribution in [0.3, 0.4) is 0 Å². The fourth-order valence-electron chi connectivity index (χ4n) is 3.01. The van der Waals surface area contributed by atoms with E-state index in [2.05, 4.69) is 24.3 Å². The number of hydrogen-bond donors (Lipinski definition) is 0. The van der Waals surface area contributed by atoms with Gasteiger partial charge in [0, 0.05) is 0 Å². The van der Waals surface area contributed by atoms with Crippen molar-refractivity contribution in [1.29, 1.82) is 0 Å². The zero-order chi connectivity index (χ0) is 6.66. The van der Waals surface area contributed by atoms with Crippen molar-refractivity contribution in [3.05, 3.63) is 24.3 Å². The second-order valence-corrected chi connectivity index (χ2v) is 4.06. The molecule has 2 atom stereocenters. The van der Waals surface area contributed by atoms with Gasteiger partial charge in [-0.3, -0.25) is 0 Å². The van der Waals surface area contributed by atoms with E-state index in [4.69, 9.17) is 0 Å². The summed E-state index contributed by atoms with van der Waals surface area (Å²) in [5.74, 6) is 0. The molecular formula is C10H12. The summed E-state index contributed by atoms with van der Waals surface area (Å²) in [5.41, 5.74) is 1.34. The highest BCUT2D eigenvalue weighted by Gasteiger charge is 2.66. The molecule has 2 fully saturated rings. The van der Waals surface area contributed by atoms with Crippen molar-refractivity contribution < 1.29 is 0 Å². The molecule has 0 saturated heterocycles. The lowest BCUT2D eigenvalue weighted by atomic mass is 9.92. The monoisotopic (exact) mass is 132 g/mol. The molecule has 0 aliphatic heterocycles. The van der Waals surface area contributed by atoms with Gasteiger partial charge in [-0.2, -0.15) is 0 Å². The molecule has 0 heteroatoms. The Bertz CT molecular complexity index is 212. The van der Waals surface area contributed by atoms with E-state index in [0.29, 0.717) is 10.8 Å². The standard InChI is InChI=1S/C10H12/c1-2-5-10-7-3-6-9(10,4-1)8-10/h1-2,4-5H,3,6-8H2. The molecule has 0 heterocycles. The Hall–Kier alpha value is -0.520. The summed E-state index contributed by atoms with van der Waals surface area (Å²) in [4.78, 5) is 0. The first kappa shape index (κ1) is 5.17. The van der Waals surface area contributed by atoms with Gasteiger partial charge in [-0.1, -0.05) is 30.7 Å². The minimum absolute atomic E-state index is 0.668. The largest absolute Gasteiger partial charge is 0.0774 e. The Labute approximate surface area is 61.6 Å². The van der Waals surface area contributed by atoms with E-state index in [1.807, 2.05) is 0 Å². The smallest absolute Gasteiger partial charge is 0.00152 e. The van der Waals surface area contributed by atoms with Crippen molar-refractivity contribution in [3.63, 3.8) is 0 Å². The van der Waals surface area contributed by atoms with Crippen molar-refractivity contribution in [2.75, 3.05) is 0 Å². The third kappa shape index (κ3) is 0.361. The predicted octanol–water partition coefficient (Wildman–Crippen LogP) is 2.67. The van der Waals surface area contributed by atoms with Gasteiger partial charge in [-0.15, -0.1) is 0 Å². The molecule has 0 N–H and O–H groups in total. The van der Waals surface area contributed by atoms with E-state index in [1.54, 1.807) is 0 Å². The molecule has 0 bridgehead atoms. The molecule has 52 valence electrons. The summed E-state index contributed by atoms with van der Waals surface area (Å²) in [5, 5.41) is 0. The quantitative estimate of drug-likeness (QED) is 0.475. The third-order valence-corrected chi connectivity index (χ3v) is 3.68. The number of allylic oxidation sites excluding steroid dienone is 4. The van der Waals surface area contributed by atoms with Gasteiger partial charge < -0.3 is 0 Å². The van der Waals surface area contributed by atoms with Crippen molar-refractivity contribution in [3.8, 4) is 0 Å². The lowest BCUT2D eigenvalue weighted by Gasteiger charge is -2.12. The second-order valence-electron chi connectivity index (χ2n) is 4.06. The molecule has 0 amide bonds. The van der Waals surface area contributed by atoms with Crippen LogP contribution >= 0.6 is 0 Å². The molecule has 10 heavy (non-hydrogen) atoms. The molecule has 0 spiro atoms. The molecule has 0 aromatic rings. The zero-order valence-corrected chi connectivity index (χ0v) is 6.14. The van der Waals surface area contributed by atoms with Gasteiger partial charge in [0.15, 0.2) is 0 Å². The first-order chi connectivity index (χ1) is 4.87. The van der Waals surface area contributed by atoms with Gasteiger partial charge in [0.05, 0.1) is 0 Å². The van der Waals surface area contributed by atoms with Crippen LogP contribution in [0.4, 0.5) is 0 Å². The summed E-state index contributed by atoms with van der Waals surface area (Å²) < 4.78 is 0. The summed E-state index contributed by atoms with van der Waals surface area (Å²) in [6, 6.07) is 0. The van der Waals surface area contributed by atoms with Crippen LogP contribution in [-0.4, -0.2) is 0 Å². The fourth-order valence-corrected chi connectivity index (χ4v) is 3.01. The van der Waals surface area contributed by atoms with Crippen LogP contribution in [0.15, 0.2) is 24.3 Å². The summed E-state index contributed by atoms with van der Waals surface area (Å²) >= 11 is 0. The Balaban J connectivity index is 2.13. The minimum Gasteiger partial charge on any atom is -0.0774 e. The number of rotatable bonds is 0. The normalized spacial score (nSPS) is 54.4. The topological polar surface area (TPSA) is 0 Å². The van der Waals surface area contributed by atoms with Crippen molar-refractivity contribution in [1.82, 2.24) is 0 Å². The van der Waals surface area contributed by atoms with Crippen molar-refractivity contribution in [2.24, 2.45) is 10.8 Å². The highest BCUT2D eigenvalue weighted by atomic mass is 14.7. The predicted molar refractivity (Wildman–Crippen MR) is 41.6 cm³/mol. The van der Waals surface area contributed by atoms with Gasteiger partial charge >= 0.3 is 0 Å². The van der Waals surface area contributed by atoms with E-state index < -0.39 is 0 Å². The van der Waals surface area contributed by atoms with Crippen molar-refractivity contribution in [2.45, 2.75) is 25.7 Å². The van der Waals surface area contributed by atoms with Gasteiger partial charge in [0.2, 0.25) is 0 Å². The Morgan fingerprint density at radius 1 is 0.900 bits per heavy atom. The maximum atomic E-state index is 2.44. The van der Waals surface area contributed by atoms with Gasteiger partial charge in [0.1, 0.15) is 0 Å². The van der Waals surface area contributed by atoms with Crippen LogP contribution in [-0.2, 0) is 0 Å².